The SMILES string of the molecule is COC(=O)C1CC2(C1)Oc1cc(F)ccc1-c1[nH]c3c(F)cc(F)cc3c12. The predicted octanol–water partition coefficient (Wildman–Crippen LogP) is 4.42. The van der Waals surface area contributed by atoms with Crippen LogP contribution < -0.4 is 4.74 Å². The van der Waals surface area contributed by atoms with Crippen molar-refractivity contribution in [3.8, 4) is 17.0 Å². The molecule has 4 nitrogen and oxygen atoms in total. The normalized spacial score (nSPS) is 22.7. The highest BCUT2D eigenvalue weighted by Crippen LogP contribution is 2.58. The number of ether oxygens (including phenoxy) is 2. The van der Waals surface area contributed by atoms with E-state index in [2.05, 4.69) is 4.98 Å². The molecule has 0 unspecified atom stereocenters. The zero-order valence-corrected chi connectivity index (χ0v) is 14.2. The number of fused-ring (bicyclic) bond motifs is 6. The van der Waals surface area contributed by atoms with Gasteiger partial charge in [0.1, 0.15) is 28.8 Å². The van der Waals surface area contributed by atoms with Crippen molar-refractivity contribution in [1.29, 1.82) is 0 Å². The summed E-state index contributed by atoms with van der Waals surface area (Å²) in [5.74, 6) is -2.34. The number of carbonyl (C=O) groups is 1. The topological polar surface area (TPSA) is 51.3 Å². The molecule has 138 valence electrons. The molecule has 0 amide bonds. The second kappa shape index (κ2) is 5.28. The minimum Gasteiger partial charge on any atom is -0.482 e. The first-order valence-corrected chi connectivity index (χ1v) is 8.50. The molecular weight excluding hydrogens is 359 g/mol. The van der Waals surface area contributed by atoms with Crippen LogP contribution in [0.4, 0.5) is 13.2 Å². The Hall–Kier alpha value is -2.96. The molecule has 5 rings (SSSR count). The molecule has 1 saturated carbocycles. The van der Waals surface area contributed by atoms with Crippen molar-refractivity contribution >= 4 is 16.9 Å². The molecule has 7 heteroatoms. The number of benzene rings is 2. The van der Waals surface area contributed by atoms with E-state index in [1.807, 2.05) is 0 Å². The fraction of sp³-hybridized carbons (Fsp3) is 0.250. The number of carbonyl (C=O) groups excluding carboxylic acids is 1. The Morgan fingerprint density at radius 3 is 2.70 bits per heavy atom. The van der Waals surface area contributed by atoms with Crippen LogP contribution >= 0.6 is 0 Å². The Morgan fingerprint density at radius 1 is 1.19 bits per heavy atom. The molecule has 0 saturated heterocycles. The van der Waals surface area contributed by atoms with Crippen molar-refractivity contribution in [2.45, 2.75) is 18.4 Å². The predicted molar refractivity (Wildman–Crippen MR) is 90.7 cm³/mol. The fourth-order valence-electron chi connectivity index (χ4n) is 4.30. The van der Waals surface area contributed by atoms with E-state index in [0.29, 0.717) is 28.0 Å². The molecule has 0 bridgehead atoms. The highest BCUT2D eigenvalue weighted by molar-refractivity contribution is 5.95. The van der Waals surface area contributed by atoms with Gasteiger partial charge in [0.05, 0.1) is 24.2 Å². The average Bonchev–Trinajstić information content (AvgIpc) is 2.98. The average molecular weight is 373 g/mol. The van der Waals surface area contributed by atoms with Crippen LogP contribution in [0, 0.1) is 23.4 Å². The largest absolute Gasteiger partial charge is 0.482 e. The number of esters is 1. The molecule has 2 aromatic carbocycles. The van der Waals surface area contributed by atoms with Crippen molar-refractivity contribution in [3.63, 3.8) is 0 Å². The lowest BCUT2D eigenvalue weighted by atomic mass is 9.65. The van der Waals surface area contributed by atoms with Crippen molar-refractivity contribution in [2.75, 3.05) is 7.11 Å². The molecule has 1 spiro atoms. The summed E-state index contributed by atoms with van der Waals surface area (Å²) in [6, 6.07) is 6.13. The number of H-pyrrole nitrogens is 1. The number of hydrogen-bond acceptors (Lipinski definition) is 3. The molecule has 1 aromatic heterocycles. The first kappa shape index (κ1) is 16.2. The van der Waals surface area contributed by atoms with Gasteiger partial charge in [-0.25, -0.2) is 13.2 Å². The molecule has 27 heavy (non-hydrogen) atoms. The summed E-state index contributed by atoms with van der Waals surface area (Å²) in [5, 5.41) is 0.362. The van der Waals surface area contributed by atoms with Gasteiger partial charge in [0, 0.05) is 41.5 Å². The minimum atomic E-state index is -0.965. The first-order valence-electron chi connectivity index (χ1n) is 8.50. The van der Waals surface area contributed by atoms with Crippen LogP contribution in [-0.4, -0.2) is 18.1 Å². The summed E-state index contributed by atoms with van der Waals surface area (Å²) < 4.78 is 52.9. The van der Waals surface area contributed by atoms with E-state index in [-0.39, 0.29) is 30.2 Å². The zero-order valence-electron chi connectivity index (χ0n) is 14.2. The van der Waals surface area contributed by atoms with Gasteiger partial charge in [0.2, 0.25) is 0 Å². The van der Waals surface area contributed by atoms with Gasteiger partial charge < -0.3 is 14.5 Å². The monoisotopic (exact) mass is 373 g/mol. The second-order valence-electron chi connectivity index (χ2n) is 7.05. The number of rotatable bonds is 1. The van der Waals surface area contributed by atoms with Crippen LogP contribution in [0.15, 0.2) is 30.3 Å². The van der Waals surface area contributed by atoms with E-state index >= 15 is 0 Å². The third kappa shape index (κ3) is 2.14. The number of nitrogens with one attached hydrogen (secondary N) is 1. The molecule has 1 aliphatic carbocycles. The quantitative estimate of drug-likeness (QED) is 0.643. The number of methoxy groups -OCH3 is 1. The van der Waals surface area contributed by atoms with Gasteiger partial charge in [-0.2, -0.15) is 0 Å². The van der Waals surface area contributed by atoms with Crippen molar-refractivity contribution in [2.24, 2.45) is 5.92 Å². The molecular formula is C20H14F3NO3. The van der Waals surface area contributed by atoms with Crippen LogP contribution in [0.5, 0.6) is 5.75 Å². The smallest absolute Gasteiger partial charge is 0.308 e. The van der Waals surface area contributed by atoms with Crippen LogP contribution in [0.2, 0.25) is 0 Å². The Labute approximate surface area is 151 Å². The van der Waals surface area contributed by atoms with Crippen LogP contribution in [0.3, 0.4) is 0 Å². The van der Waals surface area contributed by atoms with E-state index in [1.165, 1.54) is 31.4 Å². The van der Waals surface area contributed by atoms with Crippen molar-refractivity contribution in [3.05, 3.63) is 53.3 Å². The standard InChI is InChI=1S/C20H14F3NO3/c1-26-19(25)9-7-20(8-9)16-13-4-11(22)5-14(23)17(13)24-18(16)12-3-2-10(21)6-15(12)27-20/h2-6,9,24H,7-8H2,1H3. The van der Waals surface area contributed by atoms with Gasteiger partial charge in [0.15, 0.2) is 0 Å². The maximum absolute atomic E-state index is 14.4. The van der Waals surface area contributed by atoms with Crippen molar-refractivity contribution in [1.82, 2.24) is 4.98 Å². The Morgan fingerprint density at radius 2 is 1.96 bits per heavy atom. The lowest BCUT2D eigenvalue weighted by Crippen LogP contribution is -2.50. The molecule has 1 fully saturated rings. The molecule has 0 atom stereocenters. The lowest BCUT2D eigenvalue weighted by Gasteiger charge is -2.48. The summed E-state index contributed by atoms with van der Waals surface area (Å²) in [4.78, 5) is 14.9. The van der Waals surface area contributed by atoms with Crippen LogP contribution in [0.1, 0.15) is 18.4 Å². The summed E-state index contributed by atoms with van der Waals surface area (Å²) in [5.41, 5.74) is 0.903. The van der Waals surface area contributed by atoms with Gasteiger partial charge in [-0.3, -0.25) is 4.79 Å². The molecule has 2 heterocycles. The molecule has 1 aliphatic heterocycles. The second-order valence-corrected chi connectivity index (χ2v) is 7.05. The lowest BCUT2D eigenvalue weighted by molar-refractivity contribution is -0.159. The molecule has 1 N–H and O–H groups in total. The first-order chi connectivity index (χ1) is 12.9. The molecule has 2 aliphatic rings. The minimum absolute atomic E-state index is 0.156. The third-order valence-electron chi connectivity index (χ3n) is 5.49. The van der Waals surface area contributed by atoms with E-state index in [1.54, 1.807) is 0 Å². The van der Waals surface area contributed by atoms with E-state index in [9.17, 15) is 18.0 Å². The summed E-state index contributed by atoms with van der Waals surface area (Å²) >= 11 is 0. The van der Waals surface area contributed by atoms with Crippen LogP contribution in [0.25, 0.3) is 22.2 Å². The fourth-order valence-corrected chi connectivity index (χ4v) is 4.30. The molecule has 0 radical (unpaired) electrons. The zero-order chi connectivity index (χ0) is 18.9. The molecule has 3 aromatic rings. The third-order valence-corrected chi connectivity index (χ3v) is 5.49. The Kier molecular flexibility index (Phi) is 3.17. The Balaban J connectivity index is 1.77. The summed E-state index contributed by atoms with van der Waals surface area (Å²) in [7, 11) is 1.31. The van der Waals surface area contributed by atoms with Crippen molar-refractivity contribution < 1.29 is 27.4 Å². The highest BCUT2D eigenvalue weighted by atomic mass is 19.1. The Bertz CT molecular complexity index is 1120. The van der Waals surface area contributed by atoms with Gasteiger partial charge in [-0.15, -0.1) is 0 Å². The highest BCUT2D eigenvalue weighted by Gasteiger charge is 2.55. The number of aromatic amines is 1. The van der Waals surface area contributed by atoms with Gasteiger partial charge in [-0.05, 0) is 18.2 Å². The van der Waals surface area contributed by atoms with Gasteiger partial charge in [0.25, 0.3) is 0 Å². The van der Waals surface area contributed by atoms with E-state index < -0.39 is 23.1 Å². The van der Waals surface area contributed by atoms with E-state index in [0.717, 1.165) is 6.07 Å². The van der Waals surface area contributed by atoms with E-state index in [4.69, 9.17) is 9.47 Å². The van der Waals surface area contributed by atoms with Crippen LogP contribution in [-0.2, 0) is 15.1 Å². The number of hydrogen-bond donors (Lipinski definition) is 1. The number of halogens is 3. The van der Waals surface area contributed by atoms with Gasteiger partial charge >= 0.3 is 5.97 Å². The summed E-state index contributed by atoms with van der Waals surface area (Å²) in [6.07, 6.45) is 0.571. The summed E-state index contributed by atoms with van der Waals surface area (Å²) in [6.45, 7) is 0. The van der Waals surface area contributed by atoms with Gasteiger partial charge in [-0.1, -0.05) is 0 Å². The number of aromatic nitrogens is 1. The maximum Gasteiger partial charge on any atom is 0.308 e. The maximum atomic E-state index is 14.4.